The molecule has 3 heterocycles. The number of aliphatic hydroxyl groups excluding tert-OH is 1. The van der Waals surface area contributed by atoms with E-state index < -0.39 is 16.7 Å². The maximum atomic E-state index is 14.4. The quantitative estimate of drug-likeness (QED) is 0.277. The molecule has 2 atom stereocenters. The lowest BCUT2D eigenvalue weighted by Gasteiger charge is -2.35. The van der Waals surface area contributed by atoms with Gasteiger partial charge in [0.05, 0.1) is 17.6 Å². The highest BCUT2D eigenvalue weighted by Crippen LogP contribution is 2.31. The molecular weight excluding hydrogens is 425 g/mol. The van der Waals surface area contributed by atoms with Crippen LogP contribution in [-0.4, -0.2) is 59.1 Å². The summed E-state index contributed by atoms with van der Waals surface area (Å²) in [5.41, 5.74) is 0.317. The summed E-state index contributed by atoms with van der Waals surface area (Å²) in [6.45, 7) is 2.06. The van der Waals surface area contributed by atoms with Crippen molar-refractivity contribution in [2.75, 3.05) is 41.4 Å². The van der Waals surface area contributed by atoms with E-state index in [1.165, 1.54) is 6.07 Å². The summed E-state index contributed by atoms with van der Waals surface area (Å²) in [6.07, 6.45) is -0.419. The molecule has 1 aromatic heterocycles. The minimum absolute atomic E-state index is 0.131. The minimum Gasteiger partial charge on any atom is -0.393 e. The average molecular weight is 450 g/mol. The first kappa shape index (κ1) is 21.6. The van der Waals surface area contributed by atoms with Gasteiger partial charge in [0.1, 0.15) is 11.3 Å². The molecule has 0 bridgehead atoms. The second kappa shape index (κ2) is 9.25. The molecule has 166 valence electrons. The van der Waals surface area contributed by atoms with E-state index in [2.05, 4.69) is 22.9 Å². The SMILES string of the molecule is O=[N+]([O-])c1ccc(N2CCC(O)CC2)nc1Nc1ccc(N2CCOC(S)C2F)cc1. The average Bonchev–Trinajstić information content (AvgIpc) is 2.77. The summed E-state index contributed by atoms with van der Waals surface area (Å²) < 4.78 is 19.6. The number of pyridine rings is 1. The van der Waals surface area contributed by atoms with Crippen LogP contribution < -0.4 is 15.1 Å². The molecule has 31 heavy (non-hydrogen) atoms. The fourth-order valence-corrected chi connectivity index (χ4v) is 3.99. The van der Waals surface area contributed by atoms with E-state index in [4.69, 9.17) is 4.74 Å². The number of nitrogens with one attached hydrogen (secondary N) is 1. The van der Waals surface area contributed by atoms with Crippen LogP contribution in [0.3, 0.4) is 0 Å². The third-order valence-electron chi connectivity index (χ3n) is 5.46. The Morgan fingerprint density at radius 1 is 1.19 bits per heavy atom. The third-order valence-corrected chi connectivity index (χ3v) is 5.86. The Kier molecular flexibility index (Phi) is 6.44. The Morgan fingerprint density at radius 3 is 2.58 bits per heavy atom. The number of halogens is 1. The van der Waals surface area contributed by atoms with Gasteiger partial charge in [-0.1, -0.05) is 0 Å². The molecule has 9 nitrogen and oxygen atoms in total. The van der Waals surface area contributed by atoms with Crippen LogP contribution in [0.5, 0.6) is 0 Å². The van der Waals surface area contributed by atoms with Crippen LogP contribution in [0.15, 0.2) is 36.4 Å². The van der Waals surface area contributed by atoms with E-state index in [1.54, 1.807) is 35.2 Å². The van der Waals surface area contributed by atoms with Crippen LogP contribution in [0.2, 0.25) is 0 Å². The second-order valence-electron chi connectivity index (χ2n) is 7.51. The number of aromatic nitrogens is 1. The number of ether oxygens (including phenoxy) is 1. The minimum atomic E-state index is -1.36. The van der Waals surface area contributed by atoms with Gasteiger partial charge in [-0.25, -0.2) is 9.37 Å². The lowest BCUT2D eigenvalue weighted by molar-refractivity contribution is -0.384. The molecule has 1 aromatic carbocycles. The number of nitro groups is 1. The van der Waals surface area contributed by atoms with Crippen LogP contribution in [0, 0.1) is 10.1 Å². The number of nitrogens with zero attached hydrogens (tertiary/aromatic N) is 4. The smallest absolute Gasteiger partial charge is 0.311 e. The highest BCUT2D eigenvalue weighted by Gasteiger charge is 2.30. The number of benzene rings is 1. The number of hydrogen-bond donors (Lipinski definition) is 3. The Bertz CT molecular complexity index is 926. The monoisotopic (exact) mass is 449 g/mol. The lowest BCUT2D eigenvalue weighted by atomic mass is 10.1. The molecule has 0 saturated carbocycles. The molecule has 2 aliphatic heterocycles. The molecule has 4 rings (SSSR count). The molecule has 2 fully saturated rings. The van der Waals surface area contributed by atoms with Gasteiger partial charge >= 0.3 is 5.69 Å². The number of alkyl halides is 1. The molecule has 0 spiro atoms. The highest BCUT2D eigenvalue weighted by atomic mass is 32.1. The first-order valence-electron chi connectivity index (χ1n) is 10.1. The summed E-state index contributed by atoms with van der Waals surface area (Å²) in [4.78, 5) is 19.0. The maximum Gasteiger partial charge on any atom is 0.311 e. The van der Waals surface area contributed by atoms with Gasteiger partial charge in [-0.15, -0.1) is 12.6 Å². The molecule has 0 amide bonds. The fraction of sp³-hybridized carbons (Fsp3) is 0.450. The van der Waals surface area contributed by atoms with Crippen molar-refractivity contribution in [3.63, 3.8) is 0 Å². The van der Waals surface area contributed by atoms with Gasteiger partial charge in [0, 0.05) is 37.1 Å². The van der Waals surface area contributed by atoms with Crippen molar-refractivity contribution < 1.29 is 19.2 Å². The van der Waals surface area contributed by atoms with Gasteiger partial charge in [-0.3, -0.25) is 10.1 Å². The van der Waals surface area contributed by atoms with Crippen molar-refractivity contribution in [2.45, 2.75) is 30.7 Å². The standard InChI is InChI=1S/C20H24FN5O4S/c21-18-20(31)30-12-11-25(18)14-3-1-13(2-4-14)22-19-16(26(28)29)5-6-17(23-19)24-9-7-15(27)8-10-24/h1-6,15,18,20,27,31H,7-12H2,(H,22,23). The Balaban J connectivity index is 1.53. The van der Waals surface area contributed by atoms with Gasteiger partial charge in [0.25, 0.3) is 0 Å². The first-order valence-corrected chi connectivity index (χ1v) is 10.6. The number of anilines is 4. The number of rotatable bonds is 5. The van der Waals surface area contributed by atoms with Gasteiger partial charge in [-0.05, 0) is 43.2 Å². The normalized spacial score (nSPS) is 22.4. The maximum absolute atomic E-state index is 14.4. The first-order chi connectivity index (χ1) is 14.9. The fourth-order valence-electron chi connectivity index (χ4n) is 3.72. The molecule has 11 heteroatoms. The van der Waals surface area contributed by atoms with E-state index in [-0.39, 0.29) is 17.6 Å². The second-order valence-corrected chi connectivity index (χ2v) is 8.02. The Labute approximate surface area is 184 Å². The number of aliphatic hydroxyl groups is 1. The summed E-state index contributed by atoms with van der Waals surface area (Å²) in [7, 11) is 0. The number of morpholine rings is 1. The summed E-state index contributed by atoms with van der Waals surface area (Å²) in [5, 5.41) is 24.2. The Hall–Kier alpha value is -2.63. The van der Waals surface area contributed by atoms with Crippen LogP contribution >= 0.6 is 12.6 Å². The van der Waals surface area contributed by atoms with Crippen molar-refractivity contribution >= 4 is 41.3 Å². The van der Waals surface area contributed by atoms with Crippen molar-refractivity contribution in [3.8, 4) is 0 Å². The zero-order chi connectivity index (χ0) is 22.0. The van der Waals surface area contributed by atoms with E-state index in [0.29, 0.717) is 56.3 Å². The van der Waals surface area contributed by atoms with Crippen LogP contribution in [0.4, 0.5) is 33.1 Å². The van der Waals surface area contributed by atoms with Crippen molar-refractivity contribution in [1.82, 2.24) is 4.98 Å². The van der Waals surface area contributed by atoms with E-state index >= 15 is 0 Å². The molecular formula is C20H24FN5O4S. The topological polar surface area (TPSA) is 104 Å². The predicted molar refractivity (Wildman–Crippen MR) is 119 cm³/mol. The molecule has 0 aliphatic carbocycles. The number of piperidine rings is 1. The summed E-state index contributed by atoms with van der Waals surface area (Å²) in [5.74, 6) is 0.747. The zero-order valence-electron chi connectivity index (χ0n) is 16.7. The lowest BCUT2D eigenvalue weighted by Crippen LogP contribution is -2.46. The van der Waals surface area contributed by atoms with E-state index in [1.807, 2.05) is 4.90 Å². The molecule has 2 saturated heterocycles. The summed E-state index contributed by atoms with van der Waals surface area (Å²) >= 11 is 4.10. The van der Waals surface area contributed by atoms with Crippen LogP contribution in [0.25, 0.3) is 0 Å². The molecule has 2 unspecified atom stereocenters. The number of thiol groups is 1. The van der Waals surface area contributed by atoms with Crippen molar-refractivity contribution in [3.05, 3.63) is 46.5 Å². The molecule has 2 N–H and O–H groups in total. The van der Waals surface area contributed by atoms with Gasteiger partial charge in [-0.2, -0.15) is 0 Å². The molecule has 2 aromatic rings. The van der Waals surface area contributed by atoms with Gasteiger partial charge in [0.15, 0.2) is 0 Å². The van der Waals surface area contributed by atoms with Crippen molar-refractivity contribution in [2.24, 2.45) is 0 Å². The Morgan fingerprint density at radius 2 is 1.90 bits per heavy atom. The van der Waals surface area contributed by atoms with E-state index in [9.17, 15) is 19.6 Å². The van der Waals surface area contributed by atoms with Gasteiger partial charge < -0.3 is 25.0 Å². The third kappa shape index (κ3) is 4.83. The highest BCUT2D eigenvalue weighted by molar-refractivity contribution is 7.80. The summed E-state index contributed by atoms with van der Waals surface area (Å²) in [6, 6.07) is 9.97. The largest absolute Gasteiger partial charge is 0.393 e. The molecule has 0 radical (unpaired) electrons. The van der Waals surface area contributed by atoms with Crippen LogP contribution in [-0.2, 0) is 4.74 Å². The number of hydrogen-bond acceptors (Lipinski definition) is 9. The van der Waals surface area contributed by atoms with Crippen molar-refractivity contribution in [1.29, 1.82) is 0 Å². The van der Waals surface area contributed by atoms with Gasteiger partial charge in [0.2, 0.25) is 12.1 Å². The van der Waals surface area contributed by atoms with Crippen LogP contribution in [0.1, 0.15) is 12.8 Å². The molecule has 2 aliphatic rings. The zero-order valence-corrected chi connectivity index (χ0v) is 17.6. The predicted octanol–water partition coefficient (Wildman–Crippen LogP) is 3.08. The van der Waals surface area contributed by atoms with E-state index in [0.717, 1.165) is 0 Å².